The van der Waals surface area contributed by atoms with E-state index in [0.717, 1.165) is 44.6 Å². The lowest BCUT2D eigenvalue weighted by atomic mass is 9.95. The number of nitrogens with zero attached hydrogens (tertiary/aromatic N) is 1. The standard InChI is InChI=1S/C54H35NOS/c1-4-13-36(14-5-1)38-23-28-42(29-24-38)55(43-30-25-39(26-31-43)37-15-6-2-7-16-37)44-34-48(40-17-8-3-9-18-40)54-49(35-44)53-45(20-12-22-52(53)57-54)41-27-32-47-46-19-10-11-21-50(46)56-51(47)33-41/h1-35H. The number of furan rings is 1. The van der Waals surface area contributed by atoms with Crippen molar-refractivity contribution in [3.63, 3.8) is 0 Å². The van der Waals surface area contributed by atoms with Gasteiger partial charge in [-0.1, -0.05) is 152 Å². The fraction of sp³-hybridized carbons (Fsp3) is 0. The van der Waals surface area contributed by atoms with E-state index in [9.17, 15) is 0 Å². The van der Waals surface area contributed by atoms with Gasteiger partial charge in [-0.15, -0.1) is 11.3 Å². The molecular weight excluding hydrogens is 711 g/mol. The maximum atomic E-state index is 6.39. The van der Waals surface area contributed by atoms with Gasteiger partial charge in [-0.2, -0.15) is 0 Å². The molecule has 0 radical (unpaired) electrons. The summed E-state index contributed by atoms with van der Waals surface area (Å²) >= 11 is 1.87. The normalized spacial score (nSPS) is 11.5. The van der Waals surface area contributed by atoms with Gasteiger partial charge >= 0.3 is 0 Å². The SMILES string of the molecule is c1ccc(-c2ccc(N(c3ccc(-c4ccccc4)cc3)c3cc(-c4ccccc4)c4sc5cccc(-c6ccc7c(c6)oc6ccccc67)c5c4c3)cc2)cc1. The van der Waals surface area contributed by atoms with Crippen LogP contribution in [0.25, 0.3) is 86.6 Å². The van der Waals surface area contributed by atoms with Crippen LogP contribution in [-0.2, 0) is 0 Å². The summed E-state index contributed by atoms with van der Waals surface area (Å²) in [6.45, 7) is 0. The number of rotatable bonds is 7. The number of hydrogen-bond acceptors (Lipinski definition) is 3. The molecule has 2 nitrogen and oxygen atoms in total. The Kier molecular flexibility index (Phi) is 8.04. The quantitative estimate of drug-likeness (QED) is 0.162. The zero-order valence-corrected chi connectivity index (χ0v) is 31.8. The van der Waals surface area contributed by atoms with E-state index in [1.807, 2.05) is 23.5 Å². The molecule has 0 aliphatic heterocycles. The minimum Gasteiger partial charge on any atom is -0.456 e. The topological polar surface area (TPSA) is 16.4 Å². The Bertz CT molecular complexity index is 3120. The zero-order valence-electron chi connectivity index (χ0n) is 31.0. The molecular formula is C54H35NOS. The van der Waals surface area contributed by atoms with Crippen molar-refractivity contribution < 1.29 is 4.42 Å². The molecule has 11 aromatic rings. The van der Waals surface area contributed by atoms with Gasteiger partial charge < -0.3 is 9.32 Å². The van der Waals surface area contributed by atoms with Gasteiger partial charge in [0.05, 0.1) is 0 Å². The van der Waals surface area contributed by atoms with Crippen molar-refractivity contribution in [3.05, 3.63) is 212 Å². The number of benzene rings is 9. The fourth-order valence-corrected chi connectivity index (χ4v) is 9.57. The van der Waals surface area contributed by atoms with Crippen LogP contribution in [-0.4, -0.2) is 0 Å². The molecule has 0 unspecified atom stereocenters. The van der Waals surface area contributed by atoms with E-state index < -0.39 is 0 Å². The Morgan fingerprint density at radius 3 is 1.53 bits per heavy atom. The number of para-hydroxylation sites is 1. The Morgan fingerprint density at radius 1 is 0.333 bits per heavy atom. The molecule has 0 bridgehead atoms. The Labute approximate surface area is 335 Å². The lowest BCUT2D eigenvalue weighted by Gasteiger charge is -2.27. The maximum Gasteiger partial charge on any atom is 0.136 e. The predicted molar refractivity (Wildman–Crippen MR) is 243 cm³/mol. The molecule has 0 fully saturated rings. The van der Waals surface area contributed by atoms with Gasteiger partial charge in [0.15, 0.2) is 0 Å². The van der Waals surface area contributed by atoms with Gasteiger partial charge in [-0.05, 0) is 99.6 Å². The Morgan fingerprint density at radius 2 is 0.877 bits per heavy atom. The average molecular weight is 746 g/mol. The average Bonchev–Trinajstić information content (AvgIpc) is 3.86. The molecule has 0 atom stereocenters. The molecule has 2 heterocycles. The van der Waals surface area contributed by atoms with Gasteiger partial charge in [0, 0.05) is 53.6 Å². The van der Waals surface area contributed by atoms with Crippen LogP contribution in [0.3, 0.4) is 0 Å². The van der Waals surface area contributed by atoms with E-state index in [1.165, 1.54) is 59.1 Å². The molecule has 0 saturated carbocycles. The molecule has 11 rings (SSSR count). The lowest BCUT2D eigenvalue weighted by molar-refractivity contribution is 0.669. The summed E-state index contributed by atoms with van der Waals surface area (Å²) in [4.78, 5) is 2.40. The van der Waals surface area contributed by atoms with Gasteiger partial charge in [0.25, 0.3) is 0 Å². The van der Waals surface area contributed by atoms with Crippen molar-refractivity contribution in [3.8, 4) is 44.5 Å². The monoisotopic (exact) mass is 745 g/mol. The first-order valence-corrected chi connectivity index (χ1v) is 20.1. The van der Waals surface area contributed by atoms with Crippen molar-refractivity contribution in [2.45, 2.75) is 0 Å². The minimum absolute atomic E-state index is 0.903. The van der Waals surface area contributed by atoms with Crippen LogP contribution in [0.5, 0.6) is 0 Å². The second kappa shape index (κ2) is 13.8. The van der Waals surface area contributed by atoms with E-state index in [4.69, 9.17) is 4.42 Å². The first kappa shape index (κ1) is 33.2. The van der Waals surface area contributed by atoms with E-state index in [1.54, 1.807) is 0 Å². The molecule has 0 aliphatic carbocycles. The van der Waals surface area contributed by atoms with Crippen LogP contribution in [0, 0.1) is 0 Å². The number of fused-ring (bicyclic) bond motifs is 6. The molecule has 2 aromatic heterocycles. The van der Waals surface area contributed by atoms with Crippen LogP contribution in [0.1, 0.15) is 0 Å². The van der Waals surface area contributed by atoms with Crippen LogP contribution in [0.15, 0.2) is 217 Å². The van der Waals surface area contributed by atoms with Crippen LogP contribution in [0.2, 0.25) is 0 Å². The highest BCUT2D eigenvalue weighted by atomic mass is 32.1. The van der Waals surface area contributed by atoms with Crippen LogP contribution >= 0.6 is 11.3 Å². The number of thiophene rings is 1. The summed E-state index contributed by atoms with van der Waals surface area (Å²) in [7, 11) is 0. The second-order valence-electron chi connectivity index (χ2n) is 14.5. The molecule has 0 N–H and O–H groups in total. The Balaban J connectivity index is 1.14. The zero-order chi connectivity index (χ0) is 37.7. The summed E-state index contributed by atoms with van der Waals surface area (Å²) in [5.74, 6) is 0. The van der Waals surface area contributed by atoms with Gasteiger partial charge in [0.1, 0.15) is 11.2 Å². The highest BCUT2D eigenvalue weighted by Crippen LogP contribution is 2.48. The van der Waals surface area contributed by atoms with Crippen molar-refractivity contribution in [1.82, 2.24) is 0 Å². The van der Waals surface area contributed by atoms with Crippen molar-refractivity contribution >= 4 is 70.5 Å². The molecule has 57 heavy (non-hydrogen) atoms. The number of hydrogen-bond donors (Lipinski definition) is 0. The molecule has 0 saturated heterocycles. The highest BCUT2D eigenvalue weighted by molar-refractivity contribution is 7.26. The van der Waals surface area contributed by atoms with E-state index in [0.29, 0.717) is 0 Å². The van der Waals surface area contributed by atoms with Crippen molar-refractivity contribution in [1.29, 1.82) is 0 Å². The molecule has 0 spiro atoms. The molecule has 0 aliphatic rings. The lowest BCUT2D eigenvalue weighted by Crippen LogP contribution is -2.10. The molecule has 3 heteroatoms. The third kappa shape index (κ3) is 5.88. The smallest absolute Gasteiger partial charge is 0.136 e. The summed E-state index contributed by atoms with van der Waals surface area (Å²) in [5.41, 5.74) is 14.6. The second-order valence-corrected chi connectivity index (χ2v) is 15.5. The first-order valence-electron chi connectivity index (χ1n) is 19.3. The van der Waals surface area contributed by atoms with Gasteiger partial charge in [0.2, 0.25) is 0 Å². The molecule has 268 valence electrons. The minimum atomic E-state index is 0.903. The van der Waals surface area contributed by atoms with Crippen LogP contribution < -0.4 is 4.90 Å². The first-order chi connectivity index (χ1) is 28.2. The predicted octanol–water partition coefficient (Wildman–Crippen LogP) is 16.1. The Hall–Kier alpha value is -7.20. The van der Waals surface area contributed by atoms with Crippen LogP contribution in [0.4, 0.5) is 17.1 Å². The summed E-state index contributed by atoms with van der Waals surface area (Å²) in [6.07, 6.45) is 0. The third-order valence-corrected chi connectivity index (χ3v) is 12.3. The van der Waals surface area contributed by atoms with E-state index in [2.05, 4.69) is 205 Å². The summed E-state index contributed by atoms with van der Waals surface area (Å²) in [5, 5.41) is 4.77. The highest BCUT2D eigenvalue weighted by Gasteiger charge is 2.21. The van der Waals surface area contributed by atoms with Crippen molar-refractivity contribution in [2.24, 2.45) is 0 Å². The molecule has 9 aromatic carbocycles. The van der Waals surface area contributed by atoms with Gasteiger partial charge in [-0.3, -0.25) is 0 Å². The third-order valence-electron chi connectivity index (χ3n) is 11.1. The molecule has 0 amide bonds. The maximum absolute atomic E-state index is 6.39. The summed E-state index contributed by atoms with van der Waals surface area (Å²) < 4.78 is 8.92. The van der Waals surface area contributed by atoms with E-state index in [-0.39, 0.29) is 0 Å². The fourth-order valence-electron chi connectivity index (χ4n) is 8.32. The largest absolute Gasteiger partial charge is 0.456 e. The van der Waals surface area contributed by atoms with E-state index >= 15 is 0 Å². The number of anilines is 3. The summed E-state index contributed by atoms with van der Waals surface area (Å²) in [6, 6.07) is 76.4. The van der Waals surface area contributed by atoms with Gasteiger partial charge in [-0.25, -0.2) is 0 Å². The van der Waals surface area contributed by atoms with Crippen molar-refractivity contribution in [2.75, 3.05) is 4.90 Å².